The summed E-state index contributed by atoms with van der Waals surface area (Å²) in [6, 6.07) is 5.80. The van der Waals surface area contributed by atoms with Crippen LogP contribution in [0.25, 0.3) is 0 Å². The number of ether oxygens (including phenoxy) is 1. The fourth-order valence-corrected chi connectivity index (χ4v) is 1.80. The van der Waals surface area contributed by atoms with Crippen LogP contribution in [-0.2, 0) is 6.42 Å². The average molecular weight is 258 g/mol. The maximum absolute atomic E-state index is 9.90. The fraction of sp³-hybridized carbons (Fsp3) is 0.538. The second-order valence-electron chi connectivity index (χ2n) is 4.38. The van der Waals surface area contributed by atoms with Gasteiger partial charge in [0.15, 0.2) is 0 Å². The Hall–Kier alpha value is -0.770. The molecule has 0 spiro atoms. The van der Waals surface area contributed by atoms with Crippen LogP contribution >= 0.6 is 11.6 Å². The summed E-state index contributed by atoms with van der Waals surface area (Å²) in [6.07, 6.45) is 0.0912. The van der Waals surface area contributed by atoms with E-state index in [-0.39, 0.29) is 0 Å². The molecule has 0 fully saturated rings. The molecule has 0 bridgehead atoms. The lowest BCUT2D eigenvalue weighted by molar-refractivity contribution is 0.168. The van der Waals surface area contributed by atoms with E-state index in [0.717, 1.165) is 11.3 Å². The third kappa shape index (κ3) is 4.94. The van der Waals surface area contributed by atoms with Gasteiger partial charge in [0, 0.05) is 24.0 Å². The number of aliphatic hydroxyl groups is 1. The van der Waals surface area contributed by atoms with Crippen LogP contribution in [0.4, 0.5) is 0 Å². The SMILES string of the molecule is COc1ccc(Cl)cc1CC(O)CNC(C)C. The minimum atomic E-state index is -0.440. The highest BCUT2D eigenvalue weighted by Crippen LogP contribution is 2.23. The van der Waals surface area contributed by atoms with Crippen LogP contribution in [0.3, 0.4) is 0 Å². The van der Waals surface area contributed by atoms with Crippen LogP contribution < -0.4 is 10.1 Å². The third-order valence-electron chi connectivity index (χ3n) is 2.46. The standard InChI is InChI=1S/C13H20ClNO2/c1-9(2)15-8-12(16)7-10-6-11(14)4-5-13(10)17-3/h4-6,9,12,15-16H,7-8H2,1-3H3. The summed E-state index contributed by atoms with van der Waals surface area (Å²) in [5.74, 6) is 0.762. The highest BCUT2D eigenvalue weighted by molar-refractivity contribution is 6.30. The summed E-state index contributed by atoms with van der Waals surface area (Å²) in [7, 11) is 1.62. The molecule has 96 valence electrons. The van der Waals surface area contributed by atoms with Crippen LogP contribution in [0, 0.1) is 0 Å². The zero-order valence-electron chi connectivity index (χ0n) is 10.5. The smallest absolute Gasteiger partial charge is 0.122 e. The van der Waals surface area contributed by atoms with Crippen molar-refractivity contribution < 1.29 is 9.84 Å². The van der Waals surface area contributed by atoms with Crippen LogP contribution in [-0.4, -0.2) is 30.9 Å². The maximum Gasteiger partial charge on any atom is 0.122 e. The molecule has 0 aliphatic heterocycles. The van der Waals surface area contributed by atoms with Gasteiger partial charge >= 0.3 is 0 Å². The fourth-order valence-electron chi connectivity index (χ4n) is 1.60. The lowest BCUT2D eigenvalue weighted by atomic mass is 10.1. The first-order valence-corrected chi connectivity index (χ1v) is 6.14. The van der Waals surface area contributed by atoms with Crippen molar-refractivity contribution in [2.24, 2.45) is 0 Å². The predicted molar refractivity (Wildman–Crippen MR) is 70.9 cm³/mol. The molecule has 0 aliphatic carbocycles. The molecule has 4 heteroatoms. The zero-order chi connectivity index (χ0) is 12.8. The average Bonchev–Trinajstić information content (AvgIpc) is 2.27. The lowest BCUT2D eigenvalue weighted by Gasteiger charge is -2.16. The van der Waals surface area contributed by atoms with Gasteiger partial charge in [-0.25, -0.2) is 0 Å². The van der Waals surface area contributed by atoms with E-state index in [1.165, 1.54) is 0 Å². The molecule has 0 heterocycles. The first-order chi connectivity index (χ1) is 8.02. The molecule has 1 aromatic rings. The van der Waals surface area contributed by atoms with Crippen molar-refractivity contribution in [1.82, 2.24) is 5.32 Å². The third-order valence-corrected chi connectivity index (χ3v) is 2.69. The number of hydrogen-bond donors (Lipinski definition) is 2. The second-order valence-corrected chi connectivity index (χ2v) is 4.81. The van der Waals surface area contributed by atoms with E-state index in [1.807, 2.05) is 26.0 Å². The second kappa shape index (κ2) is 6.84. The number of methoxy groups -OCH3 is 1. The van der Waals surface area contributed by atoms with Crippen molar-refractivity contribution in [2.75, 3.05) is 13.7 Å². The normalized spacial score (nSPS) is 12.8. The molecule has 1 aromatic carbocycles. The molecule has 0 amide bonds. The molecular formula is C13H20ClNO2. The van der Waals surface area contributed by atoms with Crippen molar-refractivity contribution in [1.29, 1.82) is 0 Å². The van der Waals surface area contributed by atoms with Gasteiger partial charge in [-0.3, -0.25) is 0 Å². The summed E-state index contributed by atoms with van der Waals surface area (Å²) in [5.41, 5.74) is 0.929. The Morgan fingerprint density at radius 3 is 2.71 bits per heavy atom. The topological polar surface area (TPSA) is 41.5 Å². The number of benzene rings is 1. The Kier molecular flexibility index (Phi) is 5.75. The summed E-state index contributed by atoms with van der Waals surface area (Å²) in [5, 5.41) is 13.8. The van der Waals surface area contributed by atoms with E-state index in [1.54, 1.807) is 13.2 Å². The van der Waals surface area contributed by atoms with Crippen LogP contribution in [0.1, 0.15) is 19.4 Å². The quantitative estimate of drug-likeness (QED) is 0.821. The lowest BCUT2D eigenvalue weighted by Crippen LogP contribution is -2.33. The number of aliphatic hydroxyl groups excluding tert-OH is 1. The molecule has 0 saturated carbocycles. The van der Waals surface area contributed by atoms with Crippen LogP contribution in [0.5, 0.6) is 5.75 Å². The van der Waals surface area contributed by atoms with Crippen molar-refractivity contribution in [3.8, 4) is 5.75 Å². The van der Waals surface area contributed by atoms with E-state index >= 15 is 0 Å². The zero-order valence-corrected chi connectivity index (χ0v) is 11.3. The first-order valence-electron chi connectivity index (χ1n) is 5.76. The number of rotatable bonds is 6. The van der Waals surface area contributed by atoms with Crippen molar-refractivity contribution in [3.05, 3.63) is 28.8 Å². The van der Waals surface area contributed by atoms with E-state index in [4.69, 9.17) is 16.3 Å². The van der Waals surface area contributed by atoms with Gasteiger partial charge in [0.2, 0.25) is 0 Å². The highest BCUT2D eigenvalue weighted by Gasteiger charge is 2.10. The Balaban J connectivity index is 2.63. The Bertz CT molecular complexity index is 355. The van der Waals surface area contributed by atoms with Crippen molar-refractivity contribution in [2.45, 2.75) is 32.4 Å². The molecule has 2 N–H and O–H groups in total. The minimum absolute atomic E-state index is 0.367. The van der Waals surface area contributed by atoms with E-state index in [2.05, 4.69) is 5.32 Å². The maximum atomic E-state index is 9.90. The molecule has 1 unspecified atom stereocenters. The first kappa shape index (κ1) is 14.3. The summed E-state index contributed by atoms with van der Waals surface area (Å²) < 4.78 is 5.24. The summed E-state index contributed by atoms with van der Waals surface area (Å²) in [6.45, 7) is 4.66. The van der Waals surface area contributed by atoms with Gasteiger partial charge in [0.1, 0.15) is 5.75 Å². The summed E-state index contributed by atoms with van der Waals surface area (Å²) >= 11 is 5.93. The summed E-state index contributed by atoms with van der Waals surface area (Å²) in [4.78, 5) is 0. The van der Waals surface area contributed by atoms with Crippen molar-refractivity contribution >= 4 is 11.6 Å². The molecule has 1 atom stereocenters. The molecule has 0 saturated heterocycles. The molecule has 17 heavy (non-hydrogen) atoms. The Labute approximate surface area is 108 Å². The van der Waals surface area contributed by atoms with Gasteiger partial charge in [-0.05, 0) is 23.8 Å². The van der Waals surface area contributed by atoms with Gasteiger partial charge in [0.05, 0.1) is 13.2 Å². The number of halogens is 1. The minimum Gasteiger partial charge on any atom is -0.496 e. The van der Waals surface area contributed by atoms with Gasteiger partial charge in [-0.2, -0.15) is 0 Å². The van der Waals surface area contributed by atoms with Crippen LogP contribution in [0.2, 0.25) is 5.02 Å². The molecule has 1 rings (SSSR count). The molecule has 3 nitrogen and oxygen atoms in total. The number of nitrogens with one attached hydrogen (secondary N) is 1. The largest absolute Gasteiger partial charge is 0.496 e. The predicted octanol–water partition coefficient (Wildman–Crippen LogP) is 2.25. The van der Waals surface area contributed by atoms with Gasteiger partial charge < -0.3 is 15.2 Å². The molecule has 0 aliphatic rings. The monoisotopic (exact) mass is 257 g/mol. The van der Waals surface area contributed by atoms with Gasteiger partial charge in [-0.15, -0.1) is 0 Å². The molecular weight excluding hydrogens is 238 g/mol. The van der Waals surface area contributed by atoms with Crippen LogP contribution in [0.15, 0.2) is 18.2 Å². The number of hydrogen-bond acceptors (Lipinski definition) is 3. The highest BCUT2D eigenvalue weighted by atomic mass is 35.5. The van der Waals surface area contributed by atoms with Gasteiger partial charge in [-0.1, -0.05) is 25.4 Å². The van der Waals surface area contributed by atoms with Gasteiger partial charge in [0.25, 0.3) is 0 Å². The van der Waals surface area contributed by atoms with E-state index in [9.17, 15) is 5.11 Å². The van der Waals surface area contributed by atoms with Crippen molar-refractivity contribution in [3.63, 3.8) is 0 Å². The Morgan fingerprint density at radius 2 is 2.12 bits per heavy atom. The molecule has 0 radical (unpaired) electrons. The van der Waals surface area contributed by atoms with E-state index < -0.39 is 6.10 Å². The Morgan fingerprint density at radius 1 is 1.41 bits per heavy atom. The molecule has 0 aromatic heterocycles. The van der Waals surface area contributed by atoms with E-state index in [0.29, 0.717) is 24.0 Å².